The van der Waals surface area contributed by atoms with Crippen molar-refractivity contribution in [3.05, 3.63) is 12.2 Å². The largest absolute Gasteiger partial charge is 0.550 e. The van der Waals surface area contributed by atoms with Crippen LogP contribution in [0.15, 0.2) is 12.2 Å². The summed E-state index contributed by atoms with van der Waals surface area (Å²) < 4.78 is 4.01. The second-order valence-electron chi connectivity index (χ2n) is 1.50. The van der Waals surface area contributed by atoms with Crippen LogP contribution in [-0.4, -0.2) is 12.8 Å². The molecule has 45 valence electrons. The predicted molar refractivity (Wildman–Crippen MR) is 26.8 cm³/mol. The molecule has 0 aromatic heterocycles. The maximum absolute atomic E-state index is 9.53. The van der Waals surface area contributed by atoms with Crippen LogP contribution in [0.5, 0.6) is 0 Å². The molecule has 0 unspecified atom stereocenters. The van der Waals surface area contributed by atoms with Crippen LogP contribution in [-0.2, 0) is 9.84 Å². The molecule has 0 fully saturated rings. The predicted octanol–water partition coefficient (Wildman–Crippen LogP) is 1.13. The molecular formula is C5H7O3. The van der Waals surface area contributed by atoms with E-state index in [2.05, 4.69) is 11.3 Å². The van der Waals surface area contributed by atoms with E-state index in [0.29, 0.717) is 5.57 Å². The van der Waals surface area contributed by atoms with Crippen molar-refractivity contribution in [1.29, 1.82) is 0 Å². The summed E-state index contributed by atoms with van der Waals surface area (Å²) in [5.41, 5.74) is 0.661. The molecule has 0 atom stereocenters. The Morgan fingerprint density at radius 1 is 1.75 bits per heavy atom. The summed E-state index contributed by atoms with van der Waals surface area (Å²) in [6.07, 6.45) is -1.51. The quantitative estimate of drug-likeness (QED) is 0.400. The molecule has 1 radical (unpaired) electrons. The van der Waals surface area contributed by atoms with E-state index in [1.807, 2.05) is 0 Å². The minimum atomic E-state index is -1.51. The standard InChI is InChI=1S/C5H7O3/c1-4(2)3-8-5(6)7/h1,3H2,2H3. The van der Waals surface area contributed by atoms with E-state index in [-0.39, 0.29) is 6.61 Å². The number of hydrogen-bond acceptors (Lipinski definition) is 2. The van der Waals surface area contributed by atoms with Crippen LogP contribution in [0.25, 0.3) is 0 Å². The molecule has 0 saturated carbocycles. The Hall–Kier alpha value is -0.990. The number of carbonyl (C=O) groups excluding carboxylic acids is 1. The summed E-state index contributed by atoms with van der Waals surface area (Å²) in [5, 5.41) is 9.53. The van der Waals surface area contributed by atoms with E-state index >= 15 is 0 Å². The Balaban J connectivity index is 3.18. The maximum Gasteiger partial charge on any atom is 0.550 e. The number of rotatable bonds is 2. The van der Waals surface area contributed by atoms with Crippen LogP contribution >= 0.6 is 0 Å². The van der Waals surface area contributed by atoms with Gasteiger partial charge in [0.1, 0.15) is 6.61 Å². The number of hydrogen-bond donors (Lipinski definition) is 0. The van der Waals surface area contributed by atoms with E-state index in [0.717, 1.165) is 0 Å². The van der Waals surface area contributed by atoms with Crippen molar-refractivity contribution in [3.63, 3.8) is 0 Å². The van der Waals surface area contributed by atoms with E-state index in [1.54, 1.807) is 6.92 Å². The summed E-state index contributed by atoms with van der Waals surface area (Å²) in [6.45, 7) is 5.11. The highest BCUT2D eigenvalue weighted by molar-refractivity contribution is 5.56. The molecule has 8 heavy (non-hydrogen) atoms. The Bertz CT molecular complexity index is 92.2. The fourth-order valence-corrected chi connectivity index (χ4v) is 0.182. The fraction of sp³-hybridized carbons (Fsp3) is 0.400. The summed E-state index contributed by atoms with van der Waals surface area (Å²) in [6, 6.07) is 0. The first-order chi connectivity index (χ1) is 3.63. The zero-order valence-electron chi connectivity index (χ0n) is 4.64. The number of ether oxygens (including phenoxy) is 1. The van der Waals surface area contributed by atoms with E-state index in [4.69, 9.17) is 0 Å². The van der Waals surface area contributed by atoms with Crippen LogP contribution in [0, 0.1) is 0 Å². The monoisotopic (exact) mass is 115 g/mol. The topological polar surface area (TPSA) is 46.2 Å². The van der Waals surface area contributed by atoms with E-state index < -0.39 is 6.16 Å². The second-order valence-corrected chi connectivity index (χ2v) is 1.50. The average Bonchev–Trinajstić information content (AvgIpc) is 1.61. The molecule has 0 heterocycles. The van der Waals surface area contributed by atoms with Crippen molar-refractivity contribution >= 4 is 6.16 Å². The minimum Gasteiger partial charge on any atom is -0.427 e. The molecule has 0 amide bonds. The van der Waals surface area contributed by atoms with Gasteiger partial charge >= 0.3 is 6.16 Å². The highest BCUT2D eigenvalue weighted by Gasteiger charge is 1.96. The SMILES string of the molecule is C=C(C)COC([O])=O. The first-order valence-corrected chi connectivity index (χ1v) is 2.11. The Kier molecular flexibility index (Phi) is 2.69. The zero-order chi connectivity index (χ0) is 6.57. The van der Waals surface area contributed by atoms with Crippen LogP contribution < -0.4 is 0 Å². The molecule has 0 aromatic carbocycles. The summed E-state index contributed by atoms with van der Waals surface area (Å²) in [7, 11) is 0. The van der Waals surface area contributed by atoms with Crippen molar-refractivity contribution in [2.45, 2.75) is 6.92 Å². The Morgan fingerprint density at radius 2 is 2.25 bits per heavy atom. The second kappa shape index (κ2) is 3.07. The van der Waals surface area contributed by atoms with Crippen LogP contribution in [0.2, 0.25) is 0 Å². The molecule has 0 aliphatic carbocycles. The Labute approximate surface area is 47.6 Å². The third-order valence-electron chi connectivity index (χ3n) is 0.436. The molecule has 0 bridgehead atoms. The van der Waals surface area contributed by atoms with Gasteiger partial charge < -0.3 is 4.74 Å². The summed E-state index contributed by atoms with van der Waals surface area (Å²) in [4.78, 5) is 9.53. The van der Waals surface area contributed by atoms with Crippen LogP contribution in [0.4, 0.5) is 4.79 Å². The lowest BCUT2D eigenvalue weighted by atomic mass is 10.4. The average molecular weight is 115 g/mol. The van der Waals surface area contributed by atoms with Gasteiger partial charge in [0, 0.05) is 0 Å². The minimum absolute atomic E-state index is 0.0301. The van der Waals surface area contributed by atoms with E-state index in [9.17, 15) is 9.90 Å². The number of carbonyl (C=O) groups is 1. The highest BCUT2D eigenvalue weighted by Crippen LogP contribution is 1.87. The molecule has 0 saturated heterocycles. The van der Waals surface area contributed by atoms with Gasteiger partial charge in [0.05, 0.1) is 0 Å². The van der Waals surface area contributed by atoms with E-state index in [1.165, 1.54) is 0 Å². The zero-order valence-corrected chi connectivity index (χ0v) is 4.64. The van der Waals surface area contributed by atoms with Crippen molar-refractivity contribution < 1.29 is 14.6 Å². The van der Waals surface area contributed by atoms with Gasteiger partial charge in [-0.1, -0.05) is 6.58 Å². The molecule has 0 aromatic rings. The lowest BCUT2D eigenvalue weighted by Gasteiger charge is -1.93. The van der Waals surface area contributed by atoms with Gasteiger partial charge in [0.25, 0.3) is 0 Å². The van der Waals surface area contributed by atoms with Gasteiger partial charge in [-0.2, -0.15) is 9.90 Å². The van der Waals surface area contributed by atoms with Crippen molar-refractivity contribution in [2.75, 3.05) is 6.61 Å². The molecule has 0 rings (SSSR count). The molecule has 3 nitrogen and oxygen atoms in total. The van der Waals surface area contributed by atoms with Crippen LogP contribution in [0.1, 0.15) is 6.92 Å². The molecule has 0 aliphatic rings. The third-order valence-corrected chi connectivity index (χ3v) is 0.436. The normalized spacial score (nSPS) is 8.12. The molecule has 0 aliphatic heterocycles. The summed E-state index contributed by atoms with van der Waals surface area (Å²) in [5.74, 6) is 0. The first-order valence-electron chi connectivity index (χ1n) is 2.11. The van der Waals surface area contributed by atoms with Crippen molar-refractivity contribution in [2.24, 2.45) is 0 Å². The van der Waals surface area contributed by atoms with Gasteiger partial charge in [0.15, 0.2) is 0 Å². The Morgan fingerprint density at radius 3 is 2.38 bits per heavy atom. The molecule has 0 N–H and O–H groups in total. The third kappa shape index (κ3) is 5.01. The molecule has 0 spiro atoms. The van der Waals surface area contributed by atoms with Gasteiger partial charge in [-0.05, 0) is 12.5 Å². The van der Waals surface area contributed by atoms with Crippen molar-refractivity contribution in [1.82, 2.24) is 0 Å². The highest BCUT2D eigenvalue weighted by atomic mass is 16.7. The lowest BCUT2D eigenvalue weighted by molar-refractivity contribution is 0.0751. The van der Waals surface area contributed by atoms with Crippen LogP contribution in [0.3, 0.4) is 0 Å². The maximum atomic E-state index is 9.53. The smallest absolute Gasteiger partial charge is 0.427 e. The molecular weight excluding hydrogens is 108 g/mol. The lowest BCUT2D eigenvalue weighted by Crippen LogP contribution is -1.99. The van der Waals surface area contributed by atoms with Gasteiger partial charge in [0.2, 0.25) is 0 Å². The fourth-order valence-electron chi connectivity index (χ4n) is 0.182. The summed E-state index contributed by atoms with van der Waals surface area (Å²) >= 11 is 0. The van der Waals surface area contributed by atoms with Gasteiger partial charge in [-0.3, -0.25) is 0 Å². The molecule has 3 heteroatoms. The first kappa shape index (κ1) is 7.01. The van der Waals surface area contributed by atoms with Crippen molar-refractivity contribution in [3.8, 4) is 0 Å². The van der Waals surface area contributed by atoms with Gasteiger partial charge in [-0.15, -0.1) is 0 Å². The van der Waals surface area contributed by atoms with Gasteiger partial charge in [-0.25, -0.2) is 0 Å².